The van der Waals surface area contributed by atoms with E-state index >= 15 is 0 Å². The highest BCUT2D eigenvalue weighted by Crippen LogP contribution is 2.69. The number of hydrogen-bond donors (Lipinski definition) is 1. The second kappa shape index (κ2) is 5.29. The van der Waals surface area contributed by atoms with Crippen LogP contribution in [0.2, 0.25) is 0 Å². The summed E-state index contributed by atoms with van der Waals surface area (Å²) in [5.41, 5.74) is -3.99. The average Bonchev–Trinajstić information content (AvgIpc) is 3.23. The minimum absolute atomic E-state index is 0.119. The molecule has 1 aromatic heterocycles. The van der Waals surface area contributed by atoms with Gasteiger partial charge in [0.15, 0.2) is 11.5 Å². The van der Waals surface area contributed by atoms with E-state index in [4.69, 9.17) is 19.3 Å². The van der Waals surface area contributed by atoms with Crippen molar-refractivity contribution in [1.82, 2.24) is 0 Å². The monoisotopic (exact) mass is 367 g/mol. The summed E-state index contributed by atoms with van der Waals surface area (Å²) in [6.07, 6.45) is 0.919. The molecule has 2 saturated heterocycles. The SMILES string of the molecule is N#CC1(C#N)C(c2ccc([N+](=O)[O-])o2)OC23CCCCC2C1(C#N)C(=N)O3. The molecule has 3 fully saturated rings. The molecule has 0 spiro atoms. The predicted molar refractivity (Wildman–Crippen MR) is 84.4 cm³/mol. The van der Waals surface area contributed by atoms with E-state index in [-0.39, 0.29) is 5.76 Å². The Morgan fingerprint density at radius 2 is 1.96 bits per heavy atom. The van der Waals surface area contributed by atoms with Crippen LogP contribution >= 0.6 is 0 Å². The molecule has 4 unspecified atom stereocenters. The van der Waals surface area contributed by atoms with Gasteiger partial charge in [-0.25, -0.2) is 0 Å². The molecule has 27 heavy (non-hydrogen) atoms. The Bertz CT molecular complexity index is 967. The first kappa shape index (κ1) is 17.0. The van der Waals surface area contributed by atoms with Gasteiger partial charge >= 0.3 is 5.88 Å². The lowest BCUT2D eigenvalue weighted by Gasteiger charge is -2.50. The van der Waals surface area contributed by atoms with Gasteiger partial charge in [-0.2, -0.15) is 15.8 Å². The van der Waals surface area contributed by atoms with Crippen molar-refractivity contribution in [2.75, 3.05) is 0 Å². The van der Waals surface area contributed by atoms with E-state index in [0.29, 0.717) is 12.8 Å². The second-order valence-corrected chi connectivity index (χ2v) is 6.92. The van der Waals surface area contributed by atoms with E-state index in [0.717, 1.165) is 18.9 Å². The zero-order valence-corrected chi connectivity index (χ0v) is 14.0. The molecule has 4 atom stereocenters. The number of nitrogens with zero attached hydrogens (tertiary/aromatic N) is 4. The number of nitro groups is 1. The predicted octanol–water partition coefficient (Wildman–Crippen LogP) is 2.70. The van der Waals surface area contributed by atoms with Crippen LogP contribution in [-0.4, -0.2) is 16.6 Å². The summed E-state index contributed by atoms with van der Waals surface area (Å²) in [7, 11) is 0. The second-order valence-electron chi connectivity index (χ2n) is 6.92. The maximum Gasteiger partial charge on any atom is 0.433 e. The van der Waals surface area contributed by atoms with Crippen LogP contribution in [0.25, 0.3) is 0 Å². The first-order chi connectivity index (χ1) is 12.9. The number of hydrogen-bond acceptors (Lipinski definition) is 9. The fourth-order valence-electron chi connectivity index (χ4n) is 4.70. The minimum Gasteiger partial charge on any atom is -0.447 e. The van der Waals surface area contributed by atoms with Crippen molar-refractivity contribution in [2.24, 2.45) is 16.7 Å². The van der Waals surface area contributed by atoms with E-state index in [2.05, 4.69) is 0 Å². The highest BCUT2D eigenvalue weighted by molar-refractivity contribution is 5.89. The summed E-state index contributed by atoms with van der Waals surface area (Å²) in [6, 6.07) is 8.12. The first-order valence-corrected chi connectivity index (χ1v) is 8.34. The van der Waals surface area contributed by atoms with Gasteiger partial charge in [0.1, 0.15) is 10.7 Å². The van der Waals surface area contributed by atoms with Crippen LogP contribution < -0.4 is 0 Å². The summed E-state index contributed by atoms with van der Waals surface area (Å²) < 4.78 is 17.0. The fraction of sp³-hybridized carbons (Fsp3) is 0.529. The average molecular weight is 367 g/mol. The third kappa shape index (κ3) is 1.77. The Morgan fingerprint density at radius 3 is 2.56 bits per heavy atom. The minimum atomic E-state index is -2.15. The van der Waals surface area contributed by atoms with Crippen LogP contribution in [0.1, 0.15) is 37.5 Å². The lowest BCUT2D eigenvalue weighted by molar-refractivity contribution is -0.403. The molecular weight excluding hydrogens is 354 g/mol. The molecule has 3 heterocycles. The van der Waals surface area contributed by atoms with Crippen molar-refractivity contribution < 1.29 is 18.8 Å². The van der Waals surface area contributed by atoms with Gasteiger partial charge in [-0.3, -0.25) is 15.5 Å². The molecule has 1 N–H and O–H groups in total. The van der Waals surface area contributed by atoms with Crippen molar-refractivity contribution in [3.05, 3.63) is 28.0 Å². The van der Waals surface area contributed by atoms with E-state index < -0.39 is 45.3 Å². The van der Waals surface area contributed by atoms with Crippen LogP contribution in [-0.2, 0) is 9.47 Å². The molecule has 2 bridgehead atoms. The maximum absolute atomic E-state index is 11.0. The molecule has 10 nitrogen and oxygen atoms in total. The molecule has 4 rings (SSSR count). The van der Waals surface area contributed by atoms with E-state index in [9.17, 15) is 25.9 Å². The van der Waals surface area contributed by atoms with Gasteiger partial charge in [-0.15, -0.1) is 0 Å². The largest absolute Gasteiger partial charge is 0.447 e. The zero-order chi connectivity index (χ0) is 19.4. The summed E-state index contributed by atoms with van der Waals surface area (Å²) >= 11 is 0. The smallest absolute Gasteiger partial charge is 0.433 e. The highest BCUT2D eigenvalue weighted by Gasteiger charge is 2.81. The molecule has 1 aliphatic carbocycles. The molecule has 1 aromatic rings. The number of nitriles is 3. The fourth-order valence-corrected chi connectivity index (χ4v) is 4.70. The normalized spacial score (nSPS) is 35.8. The molecule has 136 valence electrons. The Kier molecular flexibility index (Phi) is 3.33. The quantitative estimate of drug-likeness (QED) is 0.614. The molecule has 10 heteroatoms. The van der Waals surface area contributed by atoms with Gasteiger partial charge < -0.3 is 13.9 Å². The Balaban J connectivity index is 1.97. The zero-order valence-electron chi connectivity index (χ0n) is 14.0. The van der Waals surface area contributed by atoms with Crippen molar-refractivity contribution in [2.45, 2.75) is 37.6 Å². The van der Waals surface area contributed by atoms with Gasteiger partial charge in [0.05, 0.1) is 30.2 Å². The lowest BCUT2D eigenvalue weighted by atomic mass is 9.52. The van der Waals surface area contributed by atoms with E-state index in [1.165, 1.54) is 6.07 Å². The van der Waals surface area contributed by atoms with Crippen LogP contribution in [0.5, 0.6) is 0 Å². The van der Waals surface area contributed by atoms with Crippen LogP contribution in [0.4, 0.5) is 5.88 Å². The number of nitrogens with one attached hydrogen (secondary N) is 1. The molecule has 0 aromatic carbocycles. The molecule has 0 amide bonds. The summed E-state index contributed by atoms with van der Waals surface area (Å²) in [5.74, 6) is -3.14. The van der Waals surface area contributed by atoms with Crippen LogP contribution in [0.3, 0.4) is 0 Å². The number of furan rings is 1. The Labute approximate surface area is 153 Å². The molecule has 0 radical (unpaired) electrons. The Morgan fingerprint density at radius 1 is 1.22 bits per heavy atom. The lowest BCUT2D eigenvalue weighted by Crippen LogP contribution is -2.60. The third-order valence-corrected chi connectivity index (χ3v) is 5.87. The van der Waals surface area contributed by atoms with Gasteiger partial charge in [-0.1, -0.05) is 6.42 Å². The topological polar surface area (TPSA) is 170 Å². The van der Waals surface area contributed by atoms with Crippen LogP contribution in [0, 0.1) is 66.3 Å². The van der Waals surface area contributed by atoms with Crippen molar-refractivity contribution in [1.29, 1.82) is 21.2 Å². The maximum atomic E-state index is 11.0. The highest BCUT2D eigenvalue weighted by atomic mass is 16.7. The molecule has 1 saturated carbocycles. The van der Waals surface area contributed by atoms with Crippen molar-refractivity contribution in [3.63, 3.8) is 0 Å². The van der Waals surface area contributed by atoms with Gasteiger partial charge in [0.2, 0.25) is 17.1 Å². The van der Waals surface area contributed by atoms with Gasteiger partial charge in [0, 0.05) is 6.42 Å². The summed E-state index contributed by atoms with van der Waals surface area (Å²) in [4.78, 5) is 10.2. The molecule has 3 aliphatic rings. The van der Waals surface area contributed by atoms with Crippen LogP contribution in [0.15, 0.2) is 16.5 Å². The van der Waals surface area contributed by atoms with Gasteiger partial charge in [0.25, 0.3) is 0 Å². The van der Waals surface area contributed by atoms with E-state index in [1.807, 2.05) is 18.2 Å². The van der Waals surface area contributed by atoms with Crippen molar-refractivity contribution in [3.8, 4) is 18.2 Å². The number of ether oxygens (including phenoxy) is 2. The van der Waals surface area contributed by atoms with Crippen molar-refractivity contribution >= 4 is 11.8 Å². The van der Waals surface area contributed by atoms with Gasteiger partial charge in [-0.05, 0) is 18.9 Å². The number of rotatable bonds is 2. The first-order valence-electron chi connectivity index (χ1n) is 8.34. The molecular formula is C17H13N5O5. The molecule has 2 aliphatic heterocycles. The standard InChI is InChI=1S/C17H13N5O5/c18-7-15(8-19)13(10-4-5-12(25-10)22(23)24)26-17-6-2-1-3-11(17)16(15,9-20)14(21)27-17/h4-5,11,13,21H,1-3,6H2. The summed E-state index contributed by atoms with van der Waals surface area (Å²) in [6.45, 7) is 0. The summed E-state index contributed by atoms with van der Waals surface area (Å²) in [5, 5.41) is 49.3. The Hall–Kier alpha value is -3.42. The van der Waals surface area contributed by atoms with E-state index in [1.54, 1.807) is 0 Å². The third-order valence-electron chi connectivity index (χ3n) is 5.87.